The van der Waals surface area contributed by atoms with Crippen molar-refractivity contribution in [3.05, 3.63) is 52.3 Å². The minimum absolute atomic E-state index is 0.0224. The van der Waals surface area contributed by atoms with E-state index in [0.29, 0.717) is 13.0 Å². The summed E-state index contributed by atoms with van der Waals surface area (Å²) in [7, 11) is 0. The molecule has 2 aromatic rings. The lowest BCUT2D eigenvalue weighted by molar-refractivity contribution is -0.122. The minimum Gasteiger partial charge on any atom is -0.350 e. The number of hydrogen-bond donors (Lipinski definition) is 1. The second-order valence-electron chi connectivity index (χ2n) is 4.75. The van der Waals surface area contributed by atoms with Gasteiger partial charge in [-0.15, -0.1) is 0 Å². The van der Waals surface area contributed by atoms with Crippen LogP contribution in [0.1, 0.15) is 30.6 Å². The molecule has 0 saturated carbocycles. The van der Waals surface area contributed by atoms with Crippen LogP contribution in [0.2, 0.25) is 0 Å². The molecular formula is C15H18BrN3O. The number of nitrogens with one attached hydrogen (secondary N) is 1. The topological polar surface area (TPSA) is 46.9 Å². The summed E-state index contributed by atoms with van der Waals surface area (Å²) in [5.41, 5.74) is 2.15. The van der Waals surface area contributed by atoms with Crippen molar-refractivity contribution in [1.29, 1.82) is 0 Å². The van der Waals surface area contributed by atoms with Gasteiger partial charge >= 0.3 is 0 Å². The quantitative estimate of drug-likeness (QED) is 0.911. The molecule has 0 aliphatic heterocycles. The molecule has 1 heterocycles. The normalized spacial score (nSPS) is 12.2. The fourth-order valence-electron chi connectivity index (χ4n) is 2.00. The Labute approximate surface area is 127 Å². The highest BCUT2D eigenvalue weighted by molar-refractivity contribution is 9.10. The fourth-order valence-corrected chi connectivity index (χ4v) is 2.29. The van der Waals surface area contributed by atoms with Crippen LogP contribution in [0.5, 0.6) is 0 Å². The highest BCUT2D eigenvalue weighted by atomic mass is 79.9. The summed E-state index contributed by atoms with van der Waals surface area (Å²) >= 11 is 3.41. The zero-order chi connectivity index (χ0) is 14.5. The zero-order valence-corrected chi connectivity index (χ0v) is 13.2. The molecule has 1 aromatic heterocycles. The predicted molar refractivity (Wildman–Crippen MR) is 82.3 cm³/mol. The van der Waals surface area contributed by atoms with E-state index in [1.165, 1.54) is 0 Å². The third kappa shape index (κ3) is 3.70. The van der Waals surface area contributed by atoms with E-state index in [1.807, 2.05) is 48.9 Å². The highest BCUT2D eigenvalue weighted by Gasteiger charge is 2.10. The van der Waals surface area contributed by atoms with Crippen LogP contribution in [0.3, 0.4) is 0 Å². The van der Waals surface area contributed by atoms with Gasteiger partial charge in [0.25, 0.3) is 0 Å². The van der Waals surface area contributed by atoms with Gasteiger partial charge in [0.15, 0.2) is 0 Å². The maximum Gasteiger partial charge on any atom is 0.222 e. The molecular weight excluding hydrogens is 318 g/mol. The molecule has 0 aliphatic carbocycles. The van der Waals surface area contributed by atoms with E-state index in [0.717, 1.165) is 15.7 Å². The van der Waals surface area contributed by atoms with Gasteiger partial charge < -0.3 is 5.32 Å². The van der Waals surface area contributed by atoms with Crippen LogP contribution < -0.4 is 5.32 Å². The molecule has 0 saturated heterocycles. The van der Waals surface area contributed by atoms with Crippen LogP contribution in [0.4, 0.5) is 0 Å². The van der Waals surface area contributed by atoms with E-state index in [9.17, 15) is 4.79 Å². The van der Waals surface area contributed by atoms with Gasteiger partial charge in [0.2, 0.25) is 5.91 Å². The van der Waals surface area contributed by atoms with Crippen molar-refractivity contribution < 1.29 is 4.79 Å². The van der Waals surface area contributed by atoms with Crippen molar-refractivity contribution in [3.8, 4) is 0 Å². The monoisotopic (exact) mass is 335 g/mol. The molecule has 0 radical (unpaired) electrons. The van der Waals surface area contributed by atoms with Gasteiger partial charge in [-0.2, -0.15) is 5.10 Å². The number of rotatable bonds is 5. The third-order valence-corrected chi connectivity index (χ3v) is 4.05. The van der Waals surface area contributed by atoms with Crippen molar-refractivity contribution in [1.82, 2.24) is 15.1 Å². The Morgan fingerprint density at radius 2 is 2.10 bits per heavy atom. The number of carbonyl (C=O) groups excluding carboxylic acids is 1. The minimum atomic E-state index is 0.0224. The molecule has 0 bridgehead atoms. The van der Waals surface area contributed by atoms with Crippen molar-refractivity contribution in [3.63, 3.8) is 0 Å². The summed E-state index contributed by atoms with van der Waals surface area (Å²) in [6, 6.07) is 9.97. The van der Waals surface area contributed by atoms with E-state index >= 15 is 0 Å². The molecule has 0 aliphatic rings. The number of hydrogen-bond acceptors (Lipinski definition) is 2. The van der Waals surface area contributed by atoms with Gasteiger partial charge in [-0.1, -0.05) is 30.3 Å². The van der Waals surface area contributed by atoms with Crippen LogP contribution in [0.15, 0.2) is 41.0 Å². The largest absolute Gasteiger partial charge is 0.350 e. The first kappa shape index (κ1) is 14.8. The molecule has 5 heteroatoms. The molecule has 1 unspecified atom stereocenters. The number of nitrogens with zero attached hydrogens (tertiary/aromatic N) is 2. The van der Waals surface area contributed by atoms with Crippen molar-refractivity contribution in [2.24, 2.45) is 0 Å². The highest BCUT2D eigenvalue weighted by Crippen LogP contribution is 2.15. The Morgan fingerprint density at radius 1 is 1.40 bits per heavy atom. The first-order valence-corrected chi connectivity index (χ1v) is 7.39. The standard InChI is InChI=1S/C15H18BrN3O/c1-11(13-6-4-3-5-7-13)18-15(20)8-9-19-12(2)14(16)10-17-19/h3-7,10-11H,8-9H2,1-2H3,(H,18,20). The summed E-state index contributed by atoms with van der Waals surface area (Å²) in [6.07, 6.45) is 2.17. The first-order valence-electron chi connectivity index (χ1n) is 6.60. The zero-order valence-electron chi connectivity index (χ0n) is 11.6. The van der Waals surface area contributed by atoms with Crippen LogP contribution in [0.25, 0.3) is 0 Å². The molecule has 1 N–H and O–H groups in total. The molecule has 2 rings (SSSR count). The van der Waals surface area contributed by atoms with Gasteiger partial charge in [0.05, 0.1) is 16.7 Å². The second-order valence-corrected chi connectivity index (χ2v) is 5.61. The van der Waals surface area contributed by atoms with Crippen LogP contribution in [0, 0.1) is 6.92 Å². The molecule has 20 heavy (non-hydrogen) atoms. The second kappa shape index (κ2) is 6.70. The predicted octanol–water partition coefficient (Wildman–Crippen LogP) is 3.22. The van der Waals surface area contributed by atoms with E-state index in [-0.39, 0.29) is 11.9 Å². The summed E-state index contributed by atoms with van der Waals surface area (Å²) in [4.78, 5) is 12.0. The van der Waals surface area contributed by atoms with Crippen molar-refractivity contribution in [2.45, 2.75) is 32.9 Å². The van der Waals surface area contributed by atoms with E-state index in [2.05, 4.69) is 26.3 Å². The number of carbonyl (C=O) groups is 1. The molecule has 1 atom stereocenters. The SMILES string of the molecule is Cc1c(Br)cnn1CCC(=O)NC(C)c1ccccc1. The lowest BCUT2D eigenvalue weighted by Gasteiger charge is -2.14. The van der Waals surface area contributed by atoms with Crippen molar-refractivity contribution >= 4 is 21.8 Å². The van der Waals surface area contributed by atoms with Crippen molar-refractivity contribution in [2.75, 3.05) is 0 Å². The summed E-state index contributed by atoms with van der Waals surface area (Å²) in [6.45, 7) is 4.55. The van der Waals surface area contributed by atoms with Gasteiger partial charge in [0, 0.05) is 18.7 Å². The van der Waals surface area contributed by atoms with Crippen LogP contribution in [-0.2, 0) is 11.3 Å². The van der Waals surface area contributed by atoms with E-state index in [1.54, 1.807) is 6.20 Å². The summed E-state index contributed by atoms with van der Waals surface area (Å²) < 4.78 is 2.80. The van der Waals surface area contributed by atoms with Gasteiger partial charge in [-0.05, 0) is 35.3 Å². The summed E-state index contributed by atoms with van der Waals surface area (Å²) in [5.74, 6) is 0.0346. The molecule has 1 amide bonds. The molecule has 0 spiro atoms. The number of amides is 1. The lowest BCUT2D eigenvalue weighted by atomic mass is 10.1. The Hall–Kier alpha value is -1.62. The van der Waals surface area contributed by atoms with E-state index in [4.69, 9.17) is 0 Å². The average Bonchev–Trinajstić information content (AvgIpc) is 2.77. The van der Waals surface area contributed by atoms with Crippen LogP contribution >= 0.6 is 15.9 Å². The van der Waals surface area contributed by atoms with Gasteiger partial charge in [-0.3, -0.25) is 9.48 Å². The van der Waals surface area contributed by atoms with Gasteiger partial charge in [-0.25, -0.2) is 0 Å². The number of halogens is 1. The molecule has 106 valence electrons. The van der Waals surface area contributed by atoms with Gasteiger partial charge in [0.1, 0.15) is 0 Å². The van der Waals surface area contributed by atoms with Crippen LogP contribution in [-0.4, -0.2) is 15.7 Å². The molecule has 0 fully saturated rings. The number of aromatic nitrogens is 2. The summed E-state index contributed by atoms with van der Waals surface area (Å²) in [5, 5.41) is 7.22. The third-order valence-electron chi connectivity index (χ3n) is 3.27. The Bertz CT molecular complexity index is 580. The Morgan fingerprint density at radius 3 is 2.70 bits per heavy atom. The number of aryl methyl sites for hydroxylation is 1. The average molecular weight is 336 g/mol. The smallest absolute Gasteiger partial charge is 0.222 e. The maximum atomic E-state index is 12.0. The lowest BCUT2D eigenvalue weighted by Crippen LogP contribution is -2.27. The van der Waals surface area contributed by atoms with E-state index < -0.39 is 0 Å². The Balaban J connectivity index is 1.85. The maximum absolute atomic E-state index is 12.0. The Kier molecular flexibility index (Phi) is 4.95. The first-order chi connectivity index (χ1) is 9.58. The fraction of sp³-hybridized carbons (Fsp3) is 0.333. The molecule has 1 aromatic carbocycles. The molecule has 4 nitrogen and oxygen atoms in total. The number of benzene rings is 1.